The predicted octanol–water partition coefficient (Wildman–Crippen LogP) is 9.73. The first-order valence-electron chi connectivity index (χ1n) is 18.3. The summed E-state index contributed by atoms with van der Waals surface area (Å²) in [5.74, 6) is -4.50. The molecule has 0 saturated carbocycles. The first kappa shape index (κ1) is 42.1. The third kappa shape index (κ3) is 21.0. The van der Waals surface area contributed by atoms with Crippen molar-refractivity contribution in [2.75, 3.05) is 26.2 Å². The van der Waals surface area contributed by atoms with E-state index >= 15 is 0 Å². The van der Waals surface area contributed by atoms with E-state index in [0.29, 0.717) is 25.8 Å². The maximum absolute atomic E-state index is 12.0. The number of hydrogen-bond donors (Lipinski definition) is 3. The lowest BCUT2D eigenvalue weighted by molar-refractivity contribution is -0.935. The molecule has 44 heavy (non-hydrogen) atoms. The van der Waals surface area contributed by atoms with Gasteiger partial charge in [-0.2, -0.15) is 0 Å². The van der Waals surface area contributed by atoms with Gasteiger partial charge in [0.25, 0.3) is 0 Å². The fourth-order valence-corrected chi connectivity index (χ4v) is 6.51. The summed E-state index contributed by atoms with van der Waals surface area (Å²) in [5.41, 5.74) is 0. The number of carbonyl (C=O) groups is 3. The van der Waals surface area contributed by atoms with Crippen LogP contribution >= 0.6 is 0 Å². The topological polar surface area (TPSA) is 112 Å². The molecule has 0 rings (SSSR count). The van der Waals surface area contributed by atoms with Gasteiger partial charge >= 0.3 is 17.9 Å². The quantitative estimate of drug-likeness (QED) is 0.0390. The lowest BCUT2D eigenvalue weighted by atomic mass is 9.95. The Morgan fingerprint density at radius 1 is 0.477 bits per heavy atom. The number of quaternary nitrogens is 1. The highest BCUT2D eigenvalue weighted by atomic mass is 16.4. The molecular weight excluding hydrogens is 554 g/mol. The van der Waals surface area contributed by atoms with Gasteiger partial charge in [0.05, 0.1) is 26.2 Å². The first-order valence-corrected chi connectivity index (χ1v) is 18.3. The number of unbranched alkanes of at least 4 members (excludes halogenated alkanes) is 16. The predicted molar refractivity (Wildman–Crippen MR) is 182 cm³/mol. The summed E-state index contributed by atoms with van der Waals surface area (Å²) in [6.45, 7) is 9.20. The molecule has 7 heteroatoms. The van der Waals surface area contributed by atoms with Crippen LogP contribution in [0.15, 0.2) is 12.2 Å². The lowest BCUT2D eigenvalue weighted by Gasteiger charge is -2.43. The van der Waals surface area contributed by atoms with Crippen molar-refractivity contribution in [1.29, 1.82) is 0 Å². The molecule has 0 heterocycles. The summed E-state index contributed by atoms with van der Waals surface area (Å²) in [6.07, 6.45) is 28.5. The van der Waals surface area contributed by atoms with Crippen molar-refractivity contribution in [2.45, 2.75) is 163 Å². The molecule has 0 fully saturated rings. The molecule has 0 aromatic carbocycles. The SMILES string of the molecule is CC/C=C/CCCCCCCCCCCCCCCCCC[N+](CC(CC)C(=O)O)(CC(CC)C(=O)O)CC(CC)C(=O)O. The van der Waals surface area contributed by atoms with E-state index in [1.54, 1.807) is 0 Å². The molecule has 0 aromatic rings. The summed E-state index contributed by atoms with van der Waals surface area (Å²) >= 11 is 0. The van der Waals surface area contributed by atoms with Gasteiger partial charge in [-0.05, 0) is 51.4 Å². The third-order valence-corrected chi connectivity index (χ3v) is 9.50. The van der Waals surface area contributed by atoms with Crippen LogP contribution in [0.25, 0.3) is 0 Å². The summed E-state index contributed by atoms with van der Waals surface area (Å²) in [5, 5.41) is 29.5. The van der Waals surface area contributed by atoms with Gasteiger partial charge in [-0.25, -0.2) is 0 Å². The molecule has 258 valence electrons. The Bertz CT molecular complexity index is 707. The second kappa shape index (κ2) is 27.4. The van der Waals surface area contributed by atoms with Crippen LogP contribution in [0.5, 0.6) is 0 Å². The summed E-state index contributed by atoms with van der Waals surface area (Å²) in [6, 6.07) is 0. The Balaban J connectivity index is 4.52. The van der Waals surface area contributed by atoms with E-state index in [0.717, 1.165) is 25.7 Å². The molecule has 0 spiro atoms. The molecule has 0 bridgehead atoms. The van der Waals surface area contributed by atoms with Crippen molar-refractivity contribution in [3.8, 4) is 0 Å². The minimum absolute atomic E-state index is 0.261. The van der Waals surface area contributed by atoms with E-state index in [2.05, 4.69) is 19.1 Å². The van der Waals surface area contributed by atoms with Gasteiger partial charge < -0.3 is 19.8 Å². The molecule has 0 aliphatic heterocycles. The minimum atomic E-state index is -0.886. The van der Waals surface area contributed by atoms with Crippen LogP contribution in [-0.4, -0.2) is 63.9 Å². The van der Waals surface area contributed by atoms with Crippen molar-refractivity contribution < 1.29 is 34.2 Å². The number of allylic oxidation sites excluding steroid dienone is 2. The van der Waals surface area contributed by atoms with Crippen LogP contribution in [0.1, 0.15) is 163 Å². The van der Waals surface area contributed by atoms with Crippen molar-refractivity contribution >= 4 is 17.9 Å². The van der Waals surface area contributed by atoms with Gasteiger partial charge in [-0.1, -0.05) is 123 Å². The molecule has 3 N–H and O–H groups in total. The Hall–Kier alpha value is -1.89. The van der Waals surface area contributed by atoms with Gasteiger partial charge in [0.2, 0.25) is 0 Å². The Kier molecular flexibility index (Phi) is 26.2. The fraction of sp³-hybridized carbons (Fsp3) is 0.865. The lowest BCUT2D eigenvalue weighted by Crippen LogP contribution is -2.58. The normalized spacial score (nSPS) is 15.2. The number of hydrogen-bond acceptors (Lipinski definition) is 3. The Morgan fingerprint density at radius 2 is 0.773 bits per heavy atom. The molecule has 3 unspecified atom stereocenters. The van der Waals surface area contributed by atoms with Crippen LogP contribution < -0.4 is 0 Å². The standard InChI is InChI=1S/C37H69NO6/c1-5-9-10-11-12-13-14-15-16-17-18-19-20-21-22-23-24-25-26-27-28-38(29-32(6-2)35(39)40,30-33(7-3)36(41)42)31-34(8-4)37(43)44/h9-10,32-34H,5-8,11-31H2,1-4H3,(H2-,39,40,41,42,43,44)/p+1/b10-9+. The molecule has 0 amide bonds. The van der Waals surface area contributed by atoms with E-state index in [9.17, 15) is 29.7 Å². The fourth-order valence-electron chi connectivity index (χ4n) is 6.51. The van der Waals surface area contributed by atoms with Gasteiger partial charge in [0.15, 0.2) is 0 Å². The third-order valence-electron chi connectivity index (χ3n) is 9.50. The molecule has 0 aliphatic carbocycles. The van der Waals surface area contributed by atoms with Crippen molar-refractivity contribution in [3.63, 3.8) is 0 Å². The highest BCUT2D eigenvalue weighted by molar-refractivity contribution is 5.71. The Morgan fingerprint density at radius 3 is 1.05 bits per heavy atom. The zero-order chi connectivity index (χ0) is 33.1. The maximum Gasteiger partial charge on any atom is 0.312 e. The highest BCUT2D eigenvalue weighted by Crippen LogP contribution is 2.25. The second-order valence-corrected chi connectivity index (χ2v) is 13.3. The molecule has 0 radical (unpaired) electrons. The zero-order valence-electron chi connectivity index (χ0n) is 29.1. The van der Waals surface area contributed by atoms with Crippen LogP contribution in [0.2, 0.25) is 0 Å². The van der Waals surface area contributed by atoms with Crippen LogP contribution in [0.4, 0.5) is 0 Å². The highest BCUT2D eigenvalue weighted by Gasteiger charge is 2.40. The summed E-state index contributed by atoms with van der Waals surface area (Å²) < 4.78 is 0.261. The summed E-state index contributed by atoms with van der Waals surface area (Å²) in [7, 11) is 0. The largest absolute Gasteiger partial charge is 0.481 e. The number of rotatable bonds is 32. The minimum Gasteiger partial charge on any atom is -0.481 e. The second-order valence-electron chi connectivity index (χ2n) is 13.3. The van der Waals surface area contributed by atoms with E-state index in [1.165, 1.54) is 89.9 Å². The number of nitrogens with zero attached hydrogens (tertiary/aromatic N) is 1. The van der Waals surface area contributed by atoms with E-state index in [4.69, 9.17) is 0 Å². The van der Waals surface area contributed by atoms with Gasteiger partial charge in [0, 0.05) is 0 Å². The monoisotopic (exact) mass is 625 g/mol. The average molecular weight is 625 g/mol. The van der Waals surface area contributed by atoms with Gasteiger partial charge in [-0.15, -0.1) is 0 Å². The summed E-state index contributed by atoms with van der Waals surface area (Å²) in [4.78, 5) is 36.0. The van der Waals surface area contributed by atoms with E-state index in [1.807, 2.05) is 20.8 Å². The van der Waals surface area contributed by atoms with E-state index in [-0.39, 0.29) is 24.1 Å². The number of aliphatic carboxylic acids is 3. The number of carboxylic acid groups (broad SMARTS) is 3. The molecule has 0 saturated heterocycles. The van der Waals surface area contributed by atoms with Crippen molar-refractivity contribution in [3.05, 3.63) is 12.2 Å². The van der Waals surface area contributed by atoms with Crippen LogP contribution in [0, 0.1) is 17.8 Å². The van der Waals surface area contributed by atoms with E-state index < -0.39 is 35.7 Å². The average Bonchev–Trinajstić information content (AvgIpc) is 2.99. The molecule has 7 nitrogen and oxygen atoms in total. The van der Waals surface area contributed by atoms with Crippen molar-refractivity contribution in [2.24, 2.45) is 17.8 Å². The maximum atomic E-state index is 12.0. The smallest absolute Gasteiger partial charge is 0.312 e. The molecule has 3 atom stereocenters. The number of carboxylic acids is 3. The van der Waals surface area contributed by atoms with Gasteiger partial charge in [0.1, 0.15) is 17.8 Å². The van der Waals surface area contributed by atoms with Crippen LogP contribution in [-0.2, 0) is 14.4 Å². The first-order chi connectivity index (χ1) is 21.2. The Labute approximate surface area is 270 Å². The van der Waals surface area contributed by atoms with Crippen LogP contribution in [0.3, 0.4) is 0 Å². The van der Waals surface area contributed by atoms with Crippen molar-refractivity contribution in [1.82, 2.24) is 0 Å². The molecular formula is C37H70NO6+. The molecule has 0 aliphatic rings. The zero-order valence-corrected chi connectivity index (χ0v) is 29.1. The molecule has 0 aromatic heterocycles. The van der Waals surface area contributed by atoms with Gasteiger partial charge in [-0.3, -0.25) is 14.4 Å².